The number of hydrogen-bond donors (Lipinski definition) is 1. The molecule has 0 saturated carbocycles. The van der Waals surface area contributed by atoms with Gasteiger partial charge in [0.05, 0.1) is 5.56 Å². The number of carboxylic acid groups (broad SMARTS) is 1. The van der Waals surface area contributed by atoms with Gasteiger partial charge in [-0.25, -0.2) is 4.79 Å². The maximum atomic E-state index is 10.9. The fourth-order valence-corrected chi connectivity index (χ4v) is 1.57. The van der Waals surface area contributed by atoms with E-state index in [0.717, 1.165) is 16.3 Å². The van der Waals surface area contributed by atoms with Crippen LogP contribution in [0, 0.1) is 6.92 Å². The van der Waals surface area contributed by atoms with Crippen molar-refractivity contribution in [3.8, 4) is 0 Å². The van der Waals surface area contributed by atoms with Crippen molar-refractivity contribution in [2.75, 3.05) is 0 Å². The molecule has 1 N–H and O–H groups in total. The van der Waals surface area contributed by atoms with Gasteiger partial charge in [-0.2, -0.15) is 0 Å². The van der Waals surface area contributed by atoms with Crippen molar-refractivity contribution in [1.29, 1.82) is 0 Å². The van der Waals surface area contributed by atoms with E-state index < -0.39 is 5.97 Å². The zero-order valence-electron chi connectivity index (χ0n) is 7.82. The van der Waals surface area contributed by atoms with Gasteiger partial charge in [-0.1, -0.05) is 35.9 Å². The molecule has 76 valence electrons. The third-order valence-electron chi connectivity index (χ3n) is 2.27. The minimum absolute atomic E-state index is 0. The van der Waals surface area contributed by atoms with E-state index in [9.17, 15) is 4.79 Å². The summed E-state index contributed by atoms with van der Waals surface area (Å²) in [7, 11) is 0. The van der Waals surface area contributed by atoms with E-state index in [1.807, 2.05) is 31.2 Å². The molecule has 0 heterocycles. The van der Waals surface area contributed by atoms with E-state index in [1.165, 1.54) is 0 Å². The van der Waals surface area contributed by atoms with Crippen molar-refractivity contribution >= 4 is 42.6 Å². The van der Waals surface area contributed by atoms with Gasteiger partial charge in [-0.15, -0.1) is 0 Å². The summed E-state index contributed by atoms with van der Waals surface area (Å²) in [6.45, 7) is 1.96. The van der Waals surface area contributed by atoms with Crippen LogP contribution in [-0.2, 0) is 0 Å². The molecule has 2 aromatic rings. The molecular formula is C12H13InO2. The van der Waals surface area contributed by atoms with Gasteiger partial charge in [0.15, 0.2) is 0 Å². The van der Waals surface area contributed by atoms with Gasteiger partial charge >= 0.3 is 31.8 Å². The molecular weight excluding hydrogens is 291 g/mol. The summed E-state index contributed by atoms with van der Waals surface area (Å²) >= 11 is 0. The first-order valence-corrected chi connectivity index (χ1v) is 4.41. The zero-order chi connectivity index (χ0) is 10.1. The molecule has 0 spiro atoms. The number of fused-ring (bicyclic) bond motifs is 1. The van der Waals surface area contributed by atoms with Crippen molar-refractivity contribution in [3.05, 3.63) is 47.5 Å². The number of aromatic carboxylic acids is 1. The maximum absolute atomic E-state index is 10.9. The predicted molar refractivity (Wildman–Crippen MR) is 65.6 cm³/mol. The molecule has 0 aromatic heterocycles. The summed E-state index contributed by atoms with van der Waals surface area (Å²) in [5.74, 6) is -0.874. The molecule has 0 aliphatic carbocycles. The molecule has 0 amide bonds. The molecule has 2 rings (SSSR count). The SMILES string of the molecule is Cc1ccc2cccc(C(=O)O)c2c1.[InH3]. The fraction of sp³-hybridized carbons (Fsp3) is 0.0833. The Morgan fingerprint density at radius 3 is 2.60 bits per heavy atom. The molecule has 0 unspecified atom stereocenters. The summed E-state index contributed by atoms with van der Waals surface area (Å²) in [6, 6.07) is 11.1. The van der Waals surface area contributed by atoms with E-state index in [0.29, 0.717) is 5.56 Å². The van der Waals surface area contributed by atoms with Crippen molar-refractivity contribution in [2.24, 2.45) is 0 Å². The molecule has 0 fully saturated rings. The quantitative estimate of drug-likeness (QED) is 0.870. The Morgan fingerprint density at radius 2 is 1.93 bits per heavy atom. The molecule has 15 heavy (non-hydrogen) atoms. The molecule has 0 aliphatic rings. The minimum atomic E-state index is -0.874. The number of carbonyl (C=O) groups is 1. The molecule has 0 radical (unpaired) electrons. The van der Waals surface area contributed by atoms with Crippen LogP contribution in [0.4, 0.5) is 0 Å². The second-order valence-corrected chi connectivity index (χ2v) is 3.34. The second kappa shape index (κ2) is 4.71. The average molecular weight is 304 g/mol. The molecule has 0 aliphatic heterocycles. The number of carboxylic acids is 1. The topological polar surface area (TPSA) is 37.3 Å². The van der Waals surface area contributed by atoms with Crippen LogP contribution in [0.2, 0.25) is 0 Å². The third kappa shape index (κ3) is 2.34. The fourth-order valence-electron chi connectivity index (χ4n) is 1.57. The number of rotatable bonds is 1. The Morgan fingerprint density at radius 1 is 1.20 bits per heavy atom. The van der Waals surface area contributed by atoms with Gasteiger partial charge in [-0.05, 0) is 23.8 Å². The van der Waals surface area contributed by atoms with Crippen LogP contribution in [0.15, 0.2) is 36.4 Å². The Kier molecular flexibility index (Phi) is 3.80. The number of benzene rings is 2. The van der Waals surface area contributed by atoms with Crippen LogP contribution < -0.4 is 0 Å². The second-order valence-electron chi connectivity index (χ2n) is 3.34. The van der Waals surface area contributed by atoms with Gasteiger partial charge in [-0.3, -0.25) is 0 Å². The van der Waals surface area contributed by atoms with Crippen LogP contribution in [0.1, 0.15) is 15.9 Å². The number of aryl methyl sites for hydroxylation is 1. The molecule has 2 aromatic carbocycles. The summed E-state index contributed by atoms with van der Waals surface area (Å²) in [4.78, 5) is 10.9. The normalized spacial score (nSPS) is 9.67. The summed E-state index contributed by atoms with van der Waals surface area (Å²) < 4.78 is 0. The van der Waals surface area contributed by atoms with Gasteiger partial charge in [0.2, 0.25) is 0 Å². The average Bonchev–Trinajstić information content (AvgIpc) is 2.16. The zero-order valence-corrected chi connectivity index (χ0v) is 7.82. The van der Waals surface area contributed by atoms with Crippen molar-refractivity contribution in [1.82, 2.24) is 0 Å². The summed E-state index contributed by atoms with van der Waals surface area (Å²) in [5.41, 5.74) is 1.44. The molecule has 3 heteroatoms. The summed E-state index contributed by atoms with van der Waals surface area (Å²) in [5, 5.41) is 10.7. The standard InChI is InChI=1S/C12H10O2.In.3H/c1-8-5-6-9-3-2-4-10(12(13)14)11(9)7-8;;;;/h2-7H,1H3,(H,13,14);;;;. The molecule has 0 atom stereocenters. The Bertz CT molecular complexity index is 506. The van der Waals surface area contributed by atoms with Gasteiger partial charge in [0.25, 0.3) is 0 Å². The Balaban J connectivity index is 0.00000112. The molecule has 0 bridgehead atoms. The van der Waals surface area contributed by atoms with Gasteiger partial charge in [0.1, 0.15) is 0 Å². The van der Waals surface area contributed by atoms with Crippen LogP contribution >= 0.6 is 0 Å². The van der Waals surface area contributed by atoms with Crippen LogP contribution in [0.5, 0.6) is 0 Å². The molecule has 0 saturated heterocycles. The molecule has 2 nitrogen and oxygen atoms in total. The van der Waals surface area contributed by atoms with Crippen LogP contribution in [-0.4, -0.2) is 36.9 Å². The summed E-state index contributed by atoms with van der Waals surface area (Å²) in [6.07, 6.45) is 0. The first kappa shape index (κ1) is 12.1. The predicted octanol–water partition coefficient (Wildman–Crippen LogP) is 1.66. The van der Waals surface area contributed by atoms with Gasteiger partial charge in [0, 0.05) is 0 Å². The third-order valence-corrected chi connectivity index (χ3v) is 2.27. The number of hydrogen-bond acceptors (Lipinski definition) is 1. The van der Waals surface area contributed by atoms with E-state index in [2.05, 4.69) is 0 Å². The van der Waals surface area contributed by atoms with Gasteiger partial charge < -0.3 is 5.11 Å². The Hall–Kier alpha value is -0.960. The first-order valence-electron chi connectivity index (χ1n) is 4.41. The Labute approximate surface area is 107 Å². The monoisotopic (exact) mass is 304 g/mol. The van der Waals surface area contributed by atoms with Crippen molar-refractivity contribution in [2.45, 2.75) is 6.92 Å². The van der Waals surface area contributed by atoms with Crippen LogP contribution in [0.3, 0.4) is 0 Å². The van der Waals surface area contributed by atoms with E-state index in [-0.39, 0.29) is 25.8 Å². The van der Waals surface area contributed by atoms with Crippen molar-refractivity contribution < 1.29 is 9.90 Å². The van der Waals surface area contributed by atoms with E-state index in [1.54, 1.807) is 12.1 Å². The van der Waals surface area contributed by atoms with Crippen LogP contribution in [0.25, 0.3) is 10.8 Å². The van der Waals surface area contributed by atoms with E-state index >= 15 is 0 Å². The van der Waals surface area contributed by atoms with E-state index in [4.69, 9.17) is 5.11 Å². The van der Waals surface area contributed by atoms with Crippen molar-refractivity contribution in [3.63, 3.8) is 0 Å². The first-order chi connectivity index (χ1) is 6.68.